The van der Waals surface area contributed by atoms with Crippen LogP contribution >= 0.6 is 0 Å². The lowest BCUT2D eigenvalue weighted by Crippen LogP contribution is -2.03. The molecule has 0 amide bonds. The van der Waals surface area contributed by atoms with Gasteiger partial charge in [0.2, 0.25) is 0 Å². The Bertz CT molecular complexity index is 492. The van der Waals surface area contributed by atoms with E-state index in [1.165, 1.54) is 25.7 Å². The Morgan fingerprint density at radius 1 is 0.833 bits per heavy atom. The van der Waals surface area contributed by atoms with E-state index in [1.807, 2.05) is 0 Å². The summed E-state index contributed by atoms with van der Waals surface area (Å²) in [5.74, 6) is 0.602. The minimum Gasteiger partial charge on any atom is -0.0653 e. The monoisotopic (exact) mass is 236 g/mol. The van der Waals surface area contributed by atoms with Crippen LogP contribution in [0.25, 0.3) is 0 Å². The zero-order chi connectivity index (χ0) is 12.4. The van der Waals surface area contributed by atoms with Crippen molar-refractivity contribution in [3.05, 3.63) is 70.8 Å². The molecular formula is C18H20. The zero-order valence-corrected chi connectivity index (χ0v) is 11.0. The van der Waals surface area contributed by atoms with Crippen molar-refractivity contribution in [2.45, 2.75) is 38.5 Å². The van der Waals surface area contributed by atoms with Gasteiger partial charge in [0.25, 0.3) is 0 Å². The fourth-order valence-corrected chi connectivity index (χ4v) is 3.24. The van der Waals surface area contributed by atoms with E-state index in [2.05, 4.69) is 55.5 Å². The Morgan fingerprint density at radius 2 is 1.33 bits per heavy atom. The number of benzene rings is 2. The molecule has 0 spiro atoms. The Hall–Kier alpha value is -1.56. The first-order valence-corrected chi connectivity index (χ1v) is 7.05. The molecule has 0 aromatic heterocycles. The fourth-order valence-electron chi connectivity index (χ4n) is 3.24. The molecule has 92 valence electrons. The third-order valence-corrected chi connectivity index (χ3v) is 4.10. The van der Waals surface area contributed by atoms with Crippen molar-refractivity contribution in [1.82, 2.24) is 0 Å². The maximum absolute atomic E-state index is 2.33. The van der Waals surface area contributed by atoms with E-state index in [-0.39, 0.29) is 0 Å². The Balaban J connectivity index is 2.15. The van der Waals surface area contributed by atoms with Crippen molar-refractivity contribution in [1.29, 1.82) is 0 Å². The molecule has 18 heavy (non-hydrogen) atoms. The van der Waals surface area contributed by atoms with Crippen molar-refractivity contribution in [3.63, 3.8) is 0 Å². The first-order chi connectivity index (χ1) is 8.90. The third-order valence-electron chi connectivity index (χ3n) is 4.10. The SMILES string of the molecule is CCCC1c2ccccc2CCc2ccccc21. The van der Waals surface area contributed by atoms with Crippen LogP contribution in [0, 0.1) is 0 Å². The highest BCUT2D eigenvalue weighted by atomic mass is 14.3. The molecule has 0 nitrogen and oxygen atoms in total. The van der Waals surface area contributed by atoms with Crippen LogP contribution in [0.3, 0.4) is 0 Å². The Kier molecular flexibility index (Phi) is 3.19. The van der Waals surface area contributed by atoms with Crippen LogP contribution in [0.4, 0.5) is 0 Å². The highest BCUT2D eigenvalue weighted by Gasteiger charge is 2.21. The van der Waals surface area contributed by atoms with Gasteiger partial charge < -0.3 is 0 Å². The minimum atomic E-state index is 0.602. The molecule has 0 aliphatic heterocycles. The van der Waals surface area contributed by atoms with Gasteiger partial charge in [0.05, 0.1) is 0 Å². The van der Waals surface area contributed by atoms with Gasteiger partial charge in [0.15, 0.2) is 0 Å². The minimum absolute atomic E-state index is 0.602. The Morgan fingerprint density at radius 3 is 1.83 bits per heavy atom. The highest BCUT2D eigenvalue weighted by Crippen LogP contribution is 2.36. The average Bonchev–Trinajstić information content (AvgIpc) is 2.58. The third kappa shape index (κ3) is 1.96. The topological polar surface area (TPSA) is 0 Å². The quantitative estimate of drug-likeness (QED) is 0.708. The average molecular weight is 236 g/mol. The number of fused-ring (bicyclic) bond motifs is 2. The summed E-state index contributed by atoms with van der Waals surface area (Å²) in [6.07, 6.45) is 4.88. The second-order valence-electron chi connectivity index (χ2n) is 5.24. The molecule has 2 aromatic rings. The number of hydrogen-bond acceptors (Lipinski definition) is 0. The molecule has 1 aliphatic rings. The molecule has 0 unspecified atom stereocenters. The molecule has 0 heteroatoms. The van der Waals surface area contributed by atoms with Crippen molar-refractivity contribution < 1.29 is 0 Å². The summed E-state index contributed by atoms with van der Waals surface area (Å²) in [7, 11) is 0. The summed E-state index contributed by atoms with van der Waals surface area (Å²) in [5, 5.41) is 0. The largest absolute Gasteiger partial charge is 0.0653 e. The van der Waals surface area contributed by atoms with E-state index in [1.54, 1.807) is 22.3 Å². The van der Waals surface area contributed by atoms with Gasteiger partial charge in [-0.25, -0.2) is 0 Å². The predicted molar refractivity (Wildman–Crippen MR) is 77.0 cm³/mol. The molecule has 0 radical (unpaired) electrons. The number of hydrogen-bond donors (Lipinski definition) is 0. The zero-order valence-electron chi connectivity index (χ0n) is 11.0. The highest BCUT2D eigenvalue weighted by molar-refractivity contribution is 5.44. The van der Waals surface area contributed by atoms with Gasteiger partial charge in [-0.05, 0) is 41.5 Å². The number of rotatable bonds is 2. The van der Waals surface area contributed by atoms with E-state index in [0.717, 1.165) is 0 Å². The molecule has 0 heterocycles. The van der Waals surface area contributed by atoms with Crippen LogP contribution in [-0.4, -0.2) is 0 Å². The van der Waals surface area contributed by atoms with E-state index in [4.69, 9.17) is 0 Å². The maximum Gasteiger partial charge on any atom is 0.00947 e. The van der Waals surface area contributed by atoms with Crippen LogP contribution < -0.4 is 0 Å². The first-order valence-electron chi connectivity index (χ1n) is 7.05. The summed E-state index contributed by atoms with van der Waals surface area (Å²) >= 11 is 0. The lowest BCUT2D eigenvalue weighted by atomic mass is 9.85. The summed E-state index contributed by atoms with van der Waals surface area (Å²) in [4.78, 5) is 0. The van der Waals surface area contributed by atoms with Gasteiger partial charge in [0, 0.05) is 5.92 Å². The van der Waals surface area contributed by atoms with Gasteiger partial charge in [-0.15, -0.1) is 0 Å². The molecule has 1 aliphatic carbocycles. The van der Waals surface area contributed by atoms with Gasteiger partial charge in [-0.1, -0.05) is 61.9 Å². The molecule has 0 bridgehead atoms. The Labute approximate surface area is 110 Å². The molecule has 3 rings (SSSR count). The summed E-state index contributed by atoms with van der Waals surface area (Å²) in [6, 6.07) is 18.0. The maximum atomic E-state index is 2.33. The summed E-state index contributed by atoms with van der Waals surface area (Å²) in [6.45, 7) is 2.29. The van der Waals surface area contributed by atoms with Gasteiger partial charge >= 0.3 is 0 Å². The van der Waals surface area contributed by atoms with Gasteiger partial charge in [0.1, 0.15) is 0 Å². The van der Waals surface area contributed by atoms with Crippen LogP contribution in [0.2, 0.25) is 0 Å². The van der Waals surface area contributed by atoms with E-state index in [0.29, 0.717) is 5.92 Å². The lowest BCUT2D eigenvalue weighted by molar-refractivity contribution is 0.695. The van der Waals surface area contributed by atoms with E-state index >= 15 is 0 Å². The van der Waals surface area contributed by atoms with Gasteiger partial charge in [-0.2, -0.15) is 0 Å². The smallest absolute Gasteiger partial charge is 0.00947 e. The second-order valence-corrected chi connectivity index (χ2v) is 5.24. The molecule has 0 atom stereocenters. The molecule has 2 aromatic carbocycles. The van der Waals surface area contributed by atoms with E-state index < -0.39 is 0 Å². The molecule has 0 fully saturated rings. The van der Waals surface area contributed by atoms with Crippen LogP contribution in [0.5, 0.6) is 0 Å². The van der Waals surface area contributed by atoms with Crippen molar-refractivity contribution in [2.75, 3.05) is 0 Å². The van der Waals surface area contributed by atoms with Crippen LogP contribution in [0.15, 0.2) is 48.5 Å². The van der Waals surface area contributed by atoms with E-state index in [9.17, 15) is 0 Å². The molecule has 0 N–H and O–H groups in total. The second kappa shape index (κ2) is 4.97. The fraction of sp³-hybridized carbons (Fsp3) is 0.333. The first kappa shape index (κ1) is 11.5. The standard InChI is InChI=1S/C18H20/c1-2-7-18-16-10-5-3-8-14(16)12-13-15-9-4-6-11-17(15)18/h3-6,8-11,18H,2,7,12-13H2,1H3. The van der Waals surface area contributed by atoms with Crippen LogP contribution in [0.1, 0.15) is 47.9 Å². The van der Waals surface area contributed by atoms with Gasteiger partial charge in [-0.3, -0.25) is 0 Å². The van der Waals surface area contributed by atoms with Crippen LogP contribution in [-0.2, 0) is 12.8 Å². The molecular weight excluding hydrogens is 216 g/mol. The predicted octanol–water partition coefficient (Wildman–Crippen LogP) is 4.72. The lowest BCUT2D eigenvalue weighted by Gasteiger charge is -2.19. The molecule has 0 saturated heterocycles. The normalized spacial score (nSPS) is 14.7. The van der Waals surface area contributed by atoms with Crippen molar-refractivity contribution >= 4 is 0 Å². The number of aryl methyl sites for hydroxylation is 2. The van der Waals surface area contributed by atoms with Crippen molar-refractivity contribution in [2.24, 2.45) is 0 Å². The van der Waals surface area contributed by atoms with Crippen molar-refractivity contribution in [3.8, 4) is 0 Å². The molecule has 0 saturated carbocycles. The summed E-state index contributed by atoms with van der Waals surface area (Å²) in [5.41, 5.74) is 6.22. The summed E-state index contributed by atoms with van der Waals surface area (Å²) < 4.78 is 0.